The number of amides is 1. The number of benzene rings is 1. The van der Waals surface area contributed by atoms with Crippen molar-refractivity contribution in [2.45, 2.75) is 17.5 Å². The molecule has 0 fully saturated rings. The lowest BCUT2D eigenvalue weighted by Crippen LogP contribution is -2.22. The summed E-state index contributed by atoms with van der Waals surface area (Å²) >= 11 is 7.55. The second kappa shape index (κ2) is 8.92. The van der Waals surface area contributed by atoms with Gasteiger partial charge in [-0.15, -0.1) is 0 Å². The highest BCUT2D eigenvalue weighted by atomic mass is 35.5. The number of halogens is 1. The minimum absolute atomic E-state index is 0.139. The molecule has 27 heavy (non-hydrogen) atoms. The molecule has 6 nitrogen and oxygen atoms in total. The maximum absolute atomic E-state index is 12.2. The number of thioether (sulfide) groups is 1. The minimum atomic E-state index is -0.139. The minimum Gasteiger partial charge on any atom is -0.467 e. The van der Waals surface area contributed by atoms with Crippen molar-refractivity contribution in [1.29, 1.82) is 0 Å². The van der Waals surface area contributed by atoms with Crippen LogP contribution < -0.4 is 10.2 Å². The van der Waals surface area contributed by atoms with Gasteiger partial charge in [-0.2, -0.15) is 0 Å². The van der Waals surface area contributed by atoms with E-state index >= 15 is 0 Å². The Morgan fingerprint density at radius 3 is 2.67 bits per heavy atom. The van der Waals surface area contributed by atoms with Crippen molar-refractivity contribution in [2.24, 2.45) is 0 Å². The lowest BCUT2D eigenvalue weighted by molar-refractivity contribution is 0.0948. The van der Waals surface area contributed by atoms with E-state index < -0.39 is 0 Å². The van der Waals surface area contributed by atoms with Gasteiger partial charge in [0.25, 0.3) is 5.91 Å². The first-order valence-corrected chi connectivity index (χ1v) is 9.62. The summed E-state index contributed by atoms with van der Waals surface area (Å²) in [6.45, 7) is 0.365. The van der Waals surface area contributed by atoms with Crippen LogP contribution in [0.4, 0.5) is 5.82 Å². The lowest BCUT2D eigenvalue weighted by atomic mass is 10.1. The van der Waals surface area contributed by atoms with Gasteiger partial charge < -0.3 is 14.6 Å². The summed E-state index contributed by atoms with van der Waals surface area (Å²) in [4.78, 5) is 22.8. The van der Waals surface area contributed by atoms with Crippen molar-refractivity contribution in [3.05, 3.63) is 70.8 Å². The quantitative estimate of drug-likeness (QED) is 0.365. The molecule has 3 aromatic rings. The Morgan fingerprint density at radius 2 is 2.00 bits per heavy atom. The largest absolute Gasteiger partial charge is 0.467 e. The van der Waals surface area contributed by atoms with Gasteiger partial charge in [0.05, 0.1) is 12.8 Å². The molecule has 0 aliphatic carbocycles. The number of aromatic nitrogens is 2. The molecule has 3 rings (SSSR count). The molecule has 0 bridgehead atoms. The fourth-order valence-electron chi connectivity index (χ4n) is 2.26. The van der Waals surface area contributed by atoms with Gasteiger partial charge in [0.15, 0.2) is 5.16 Å². The molecule has 1 amide bonds. The Morgan fingerprint density at radius 1 is 1.22 bits per heavy atom. The fourth-order valence-corrected chi connectivity index (χ4v) is 3.30. The topological polar surface area (TPSA) is 71.3 Å². The second-order valence-corrected chi connectivity index (χ2v) is 7.30. The smallest absolute Gasteiger partial charge is 0.251 e. The third kappa shape index (κ3) is 5.48. The summed E-state index contributed by atoms with van der Waals surface area (Å²) in [5.74, 6) is 2.03. The number of nitrogens with one attached hydrogen (secondary N) is 1. The van der Waals surface area contributed by atoms with E-state index in [0.29, 0.717) is 28.2 Å². The Balaban J connectivity index is 1.57. The number of carbonyl (C=O) groups excluding carboxylic acids is 1. The van der Waals surface area contributed by atoms with E-state index in [-0.39, 0.29) is 5.91 Å². The third-order valence-corrected chi connectivity index (χ3v) is 4.82. The molecule has 0 aliphatic rings. The van der Waals surface area contributed by atoms with Crippen LogP contribution in [0.15, 0.2) is 58.3 Å². The molecule has 2 heterocycles. The van der Waals surface area contributed by atoms with Crippen LogP contribution in [0.5, 0.6) is 0 Å². The van der Waals surface area contributed by atoms with Crippen molar-refractivity contribution in [2.75, 3.05) is 19.0 Å². The molecular weight excluding hydrogens is 384 g/mol. The van der Waals surface area contributed by atoms with Gasteiger partial charge in [-0.1, -0.05) is 35.5 Å². The van der Waals surface area contributed by atoms with Crippen LogP contribution in [0.1, 0.15) is 21.7 Å². The average Bonchev–Trinajstić information content (AvgIpc) is 3.18. The van der Waals surface area contributed by atoms with Crippen LogP contribution in [0.3, 0.4) is 0 Å². The molecule has 1 N–H and O–H groups in total. The van der Waals surface area contributed by atoms with Gasteiger partial charge in [-0.05, 0) is 29.8 Å². The molecule has 2 aromatic heterocycles. The fraction of sp³-hybridized carbons (Fsp3) is 0.211. The van der Waals surface area contributed by atoms with Crippen molar-refractivity contribution in [1.82, 2.24) is 15.3 Å². The van der Waals surface area contributed by atoms with E-state index in [4.69, 9.17) is 16.0 Å². The van der Waals surface area contributed by atoms with Crippen LogP contribution in [0.25, 0.3) is 0 Å². The molecule has 0 aliphatic heterocycles. The van der Waals surface area contributed by atoms with Crippen LogP contribution in [-0.2, 0) is 12.3 Å². The van der Waals surface area contributed by atoms with E-state index in [1.165, 1.54) is 11.8 Å². The van der Waals surface area contributed by atoms with E-state index in [1.807, 2.05) is 37.2 Å². The van der Waals surface area contributed by atoms with Gasteiger partial charge in [-0.3, -0.25) is 4.79 Å². The number of carbonyl (C=O) groups is 1. The molecule has 0 saturated heterocycles. The summed E-state index contributed by atoms with van der Waals surface area (Å²) in [6.07, 6.45) is 1.58. The SMILES string of the molecule is CN(C)c1cc(Cl)nc(SCc2ccc(C(=O)NCc3ccco3)cc2)n1. The van der Waals surface area contributed by atoms with Gasteiger partial charge in [0.1, 0.15) is 16.7 Å². The molecule has 0 radical (unpaired) electrons. The predicted molar refractivity (Wildman–Crippen MR) is 107 cm³/mol. The molecule has 8 heteroatoms. The second-order valence-electron chi connectivity index (χ2n) is 5.97. The zero-order valence-electron chi connectivity index (χ0n) is 15.0. The first kappa shape index (κ1) is 19.3. The maximum Gasteiger partial charge on any atom is 0.251 e. The highest BCUT2D eigenvalue weighted by Gasteiger charge is 2.08. The summed E-state index contributed by atoms with van der Waals surface area (Å²) in [5.41, 5.74) is 1.67. The van der Waals surface area contributed by atoms with Gasteiger partial charge in [0.2, 0.25) is 0 Å². The van der Waals surface area contributed by atoms with Crippen LogP contribution >= 0.6 is 23.4 Å². The molecular formula is C19H19ClN4O2S. The first-order chi connectivity index (χ1) is 13.0. The van der Waals surface area contributed by atoms with Gasteiger partial charge >= 0.3 is 0 Å². The van der Waals surface area contributed by atoms with Crippen molar-refractivity contribution in [3.63, 3.8) is 0 Å². The molecule has 1 aromatic carbocycles. The summed E-state index contributed by atoms with van der Waals surface area (Å²) in [6, 6.07) is 12.8. The molecule has 0 saturated carbocycles. The molecule has 0 atom stereocenters. The number of nitrogens with zero attached hydrogens (tertiary/aromatic N) is 3. The van der Waals surface area contributed by atoms with Crippen molar-refractivity contribution < 1.29 is 9.21 Å². The van der Waals surface area contributed by atoms with E-state index in [9.17, 15) is 4.79 Å². The van der Waals surface area contributed by atoms with E-state index in [2.05, 4.69) is 15.3 Å². The monoisotopic (exact) mass is 402 g/mol. The zero-order chi connectivity index (χ0) is 19.2. The van der Waals surface area contributed by atoms with Crippen LogP contribution in [0.2, 0.25) is 5.15 Å². The Labute approximate surface area is 167 Å². The average molecular weight is 403 g/mol. The summed E-state index contributed by atoms with van der Waals surface area (Å²) in [5, 5.41) is 3.86. The van der Waals surface area contributed by atoms with Crippen molar-refractivity contribution in [3.8, 4) is 0 Å². The maximum atomic E-state index is 12.2. The van der Waals surface area contributed by atoms with Crippen molar-refractivity contribution >= 4 is 35.1 Å². The molecule has 0 spiro atoms. The zero-order valence-corrected chi connectivity index (χ0v) is 16.5. The van der Waals surface area contributed by atoms with E-state index in [0.717, 1.165) is 17.1 Å². The number of furan rings is 1. The first-order valence-electron chi connectivity index (χ1n) is 8.25. The van der Waals surface area contributed by atoms with E-state index in [1.54, 1.807) is 30.5 Å². The highest BCUT2D eigenvalue weighted by Crippen LogP contribution is 2.24. The predicted octanol–water partition coefficient (Wildman–Crippen LogP) is 4.01. The van der Waals surface area contributed by atoms with Gasteiger partial charge in [-0.25, -0.2) is 9.97 Å². The number of anilines is 1. The lowest BCUT2D eigenvalue weighted by Gasteiger charge is -2.12. The normalized spacial score (nSPS) is 10.6. The summed E-state index contributed by atoms with van der Waals surface area (Å²) in [7, 11) is 3.81. The number of rotatable bonds is 7. The Bertz CT molecular complexity index is 899. The van der Waals surface area contributed by atoms with Crippen LogP contribution in [-0.4, -0.2) is 30.0 Å². The number of hydrogen-bond acceptors (Lipinski definition) is 6. The summed E-state index contributed by atoms with van der Waals surface area (Å²) < 4.78 is 5.20. The standard InChI is InChI=1S/C19H19ClN4O2S/c1-24(2)17-10-16(20)22-19(23-17)27-12-13-5-7-14(8-6-13)18(25)21-11-15-4-3-9-26-15/h3-10H,11-12H2,1-2H3,(H,21,25). The number of hydrogen-bond donors (Lipinski definition) is 1. The van der Waals surface area contributed by atoms with Gasteiger partial charge in [0, 0.05) is 31.5 Å². The Kier molecular flexibility index (Phi) is 6.36. The Hall–Kier alpha value is -2.51. The van der Waals surface area contributed by atoms with Crippen LogP contribution in [0, 0.1) is 0 Å². The highest BCUT2D eigenvalue weighted by molar-refractivity contribution is 7.98. The third-order valence-electron chi connectivity index (χ3n) is 3.71. The molecule has 140 valence electrons. The molecule has 0 unspecified atom stereocenters.